The first kappa shape index (κ1) is 42.9. The molecule has 2 aromatic heterocycles. The number of benzene rings is 1. The second-order valence-corrected chi connectivity index (χ2v) is 11.9. The summed E-state index contributed by atoms with van der Waals surface area (Å²) in [4.78, 5) is 87.5. The Morgan fingerprint density at radius 3 is 2.02 bits per heavy atom. The average Bonchev–Trinajstić information content (AvgIpc) is 3.50. The van der Waals surface area contributed by atoms with Crippen molar-refractivity contribution in [2.45, 2.75) is 25.4 Å². The number of anilines is 2. The fourth-order valence-corrected chi connectivity index (χ4v) is 4.90. The molecule has 0 radical (unpaired) electrons. The molecule has 302 valence electrons. The number of H-pyrrole nitrogens is 1. The Morgan fingerprint density at radius 1 is 0.821 bits per heavy atom. The number of rotatable bonds is 27. The van der Waals surface area contributed by atoms with Crippen LogP contribution >= 0.6 is 0 Å². The van der Waals surface area contributed by atoms with E-state index in [1.54, 1.807) is 12.1 Å². The van der Waals surface area contributed by atoms with Crippen LogP contribution in [-0.2, 0) is 49.4 Å². The predicted molar refractivity (Wildman–Crippen MR) is 197 cm³/mol. The zero-order valence-electron chi connectivity index (χ0n) is 30.5. The molecule has 3 aromatic rings. The number of aromatic amines is 1. The van der Waals surface area contributed by atoms with E-state index in [0.717, 1.165) is 4.90 Å². The molecule has 0 saturated carbocycles. The van der Waals surface area contributed by atoms with Crippen molar-refractivity contribution in [3.8, 4) is 0 Å². The second kappa shape index (κ2) is 23.1. The summed E-state index contributed by atoms with van der Waals surface area (Å²) in [6.45, 7) is 3.88. The Hall–Kier alpha value is -5.87. The van der Waals surface area contributed by atoms with Crippen LogP contribution in [0.2, 0.25) is 0 Å². The average molecular weight is 784 g/mol. The molecule has 1 aliphatic rings. The molecule has 56 heavy (non-hydrogen) atoms. The molecular weight excluding hydrogens is 738 g/mol. The van der Waals surface area contributed by atoms with Gasteiger partial charge in [0.15, 0.2) is 11.2 Å². The lowest BCUT2D eigenvalue weighted by atomic mass is 10.1. The third kappa shape index (κ3) is 14.8. The molecule has 1 aliphatic heterocycles. The van der Waals surface area contributed by atoms with Gasteiger partial charge in [-0.2, -0.15) is 4.98 Å². The van der Waals surface area contributed by atoms with Gasteiger partial charge in [0.2, 0.25) is 11.9 Å². The summed E-state index contributed by atoms with van der Waals surface area (Å²) < 4.78 is 27.0. The number of carboxylic acid groups (broad SMARTS) is 1. The van der Waals surface area contributed by atoms with Gasteiger partial charge < -0.3 is 50.5 Å². The first-order valence-electron chi connectivity index (χ1n) is 17.7. The lowest BCUT2D eigenvalue weighted by molar-refractivity contribution is -0.140. The molecular formula is C35H45N9O12. The summed E-state index contributed by atoms with van der Waals surface area (Å²) >= 11 is 0. The van der Waals surface area contributed by atoms with Crippen molar-refractivity contribution in [2.24, 2.45) is 0 Å². The number of carbonyl (C=O) groups is 5. The fourth-order valence-electron chi connectivity index (χ4n) is 4.90. The van der Waals surface area contributed by atoms with Gasteiger partial charge in [0, 0.05) is 36.4 Å². The number of carbonyl (C=O) groups excluding carboxylic acids is 4. The number of aromatic nitrogens is 4. The van der Waals surface area contributed by atoms with E-state index in [4.69, 9.17) is 29.4 Å². The van der Waals surface area contributed by atoms with E-state index in [9.17, 15) is 33.9 Å². The number of carboxylic acids is 1. The summed E-state index contributed by atoms with van der Waals surface area (Å²) in [5, 5.41) is 17.8. The van der Waals surface area contributed by atoms with Gasteiger partial charge in [-0.1, -0.05) is 0 Å². The van der Waals surface area contributed by atoms with Crippen LogP contribution in [0.15, 0.2) is 47.4 Å². The number of nitrogen functional groups attached to an aromatic ring is 1. The zero-order valence-corrected chi connectivity index (χ0v) is 30.5. The number of nitrogens with one attached hydrogen (secondary N) is 4. The maximum absolute atomic E-state index is 12.7. The van der Waals surface area contributed by atoms with Crippen LogP contribution in [-0.4, -0.2) is 145 Å². The summed E-state index contributed by atoms with van der Waals surface area (Å²) in [7, 11) is 0. The minimum absolute atomic E-state index is 0.0491. The number of hydrogen-bond donors (Lipinski definition) is 6. The van der Waals surface area contributed by atoms with E-state index >= 15 is 0 Å². The lowest BCUT2D eigenvalue weighted by Crippen LogP contribution is -2.41. The van der Waals surface area contributed by atoms with Gasteiger partial charge in [0.1, 0.15) is 6.04 Å². The molecule has 0 spiro atoms. The Balaban J connectivity index is 0.968. The Morgan fingerprint density at radius 2 is 1.41 bits per heavy atom. The Labute approximate surface area is 320 Å². The molecule has 0 saturated heterocycles. The number of fused-ring (bicyclic) bond motifs is 1. The van der Waals surface area contributed by atoms with E-state index in [2.05, 4.69) is 35.9 Å². The highest BCUT2D eigenvalue weighted by molar-refractivity contribution is 6.12. The van der Waals surface area contributed by atoms with E-state index < -0.39 is 23.5 Å². The molecule has 0 aliphatic carbocycles. The molecule has 21 heteroatoms. The van der Waals surface area contributed by atoms with Crippen LogP contribution in [0.25, 0.3) is 11.2 Å². The van der Waals surface area contributed by atoms with Gasteiger partial charge in [-0.15, -0.1) is 0 Å². The SMILES string of the molecule is Nc1nc2ncc(CNc3ccc(C(=O)NC(CCC(=O)NCCOCCOCCOCCOCCOCCN4C(=O)C=CC4=O)C(=O)O)cc3)nc2c(=O)[nH]1. The highest BCUT2D eigenvalue weighted by Gasteiger charge is 2.23. The summed E-state index contributed by atoms with van der Waals surface area (Å²) in [5.41, 5.74) is 6.50. The van der Waals surface area contributed by atoms with Crippen LogP contribution in [0, 0.1) is 0 Å². The van der Waals surface area contributed by atoms with Gasteiger partial charge in [-0.3, -0.25) is 33.9 Å². The van der Waals surface area contributed by atoms with Crippen LogP contribution < -0.4 is 27.2 Å². The topological polar surface area (TPSA) is 289 Å². The normalized spacial score (nSPS) is 13.0. The molecule has 7 N–H and O–H groups in total. The highest BCUT2D eigenvalue weighted by Crippen LogP contribution is 2.12. The number of nitrogens with two attached hydrogens (primary N) is 1. The van der Waals surface area contributed by atoms with Crippen LogP contribution in [0.1, 0.15) is 28.9 Å². The molecule has 1 unspecified atom stereocenters. The van der Waals surface area contributed by atoms with Crippen molar-refractivity contribution >= 4 is 52.4 Å². The van der Waals surface area contributed by atoms with Crippen molar-refractivity contribution in [1.29, 1.82) is 0 Å². The number of nitrogens with zero attached hydrogens (tertiary/aromatic N) is 4. The number of ether oxygens (including phenoxy) is 5. The maximum atomic E-state index is 12.7. The van der Waals surface area contributed by atoms with Crippen LogP contribution in [0.5, 0.6) is 0 Å². The number of imide groups is 1. The lowest BCUT2D eigenvalue weighted by Gasteiger charge is -2.15. The van der Waals surface area contributed by atoms with Gasteiger partial charge in [0.25, 0.3) is 23.3 Å². The third-order valence-corrected chi connectivity index (χ3v) is 7.79. The number of aliphatic carboxylic acids is 1. The van der Waals surface area contributed by atoms with Crippen molar-refractivity contribution in [3.63, 3.8) is 0 Å². The smallest absolute Gasteiger partial charge is 0.326 e. The molecule has 4 amide bonds. The summed E-state index contributed by atoms with van der Waals surface area (Å²) in [5.74, 6) is -3.01. The van der Waals surface area contributed by atoms with Crippen LogP contribution in [0.4, 0.5) is 11.6 Å². The standard InChI is InChI=1S/C35H45N9O12/c36-35-42-31-30(33(49)43-35)40-25(22-39-31)21-38-24-3-1-23(2-4-24)32(48)41-26(34(50)51)5-6-27(45)37-9-11-52-13-15-54-17-19-56-20-18-55-16-14-53-12-10-44-28(46)7-8-29(44)47/h1-4,7-8,22,26,38H,5-6,9-21H2,(H,37,45)(H,41,48)(H,50,51)(H3,36,39,42,43,49). The van der Waals surface area contributed by atoms with E-state index in [0.29, 0.717) is 64.2 Å². The van der Waals surface area contributed by atoms with Gasteiger partial charge in [-0.05, 0) is 30.7 Å². The maximum Gasteiger partial charge on any atom is 0.326 e. The van der Waals surface area contributed by atoms with E-state index in [1.165, 1.54) is 30.5 Å². The van der Waals surface area contributed by atoms with Gasteiger partial charge in [0.05, 0.1) is 91.0 Å². The molecule has 0 fully saturated rings. The summed E-state index contributed by atoms with van der Waals surface area (Å²) in [6.07, 6.45) is 3.67. The molecule has 0 bridgehead atoms. The third-order valence-electron chi connectivity index (χ3n) is 7.79. The highest BCUT2D eigenvalue weighted by atomic mass is 16.6. The molecule has 3 heterocycles. The molecule has 1 atom stereocenters. The predicted octanol–water partition coefficient (Wildman–Crippen LogP) is -1.01. The minimum atomic E-state index is -1.28. The van der Waals surface area contributed by atoms with Crippen molar-refractivity contribution in [1.82, 2.24) is 35.5 Å². The zero-order chi connectivity index (χ0) is 40.1. The summed E-state index contributed by atoms with van der Waals surface area (Å²) in [6, 6.07) is 4.99. The Kier molecular flexibility index (Phi) is 17.7. The largest absolute Gasteiger partial charge is 0.480 e. The molecule has 1 aromatic carbocycles. The monoisotopic (exact) mass is 783 g/mol. The van der Waals surface area contributed by atoms with E-state index in [-0.39, 0.29) is 86.1 Å². The Bertz CT molecular complexity index is 1850. The number of hydrogen-bond acceptors (Lipinski definition) is 16. The number of amides is 4. The quantitative estimate of drug-likeness (QED) is 0.0399. The first-order valence-corrected chi connectivity index (χ1v) is 17.7. The van der Waals surface area contributed by atoms with E-state index in [1.807, 2.05) is 0 Å². The fraction of sp³-hybridized carbons (Fsp3) is 0.457. The van der Waals surface area contributed by atoms with Crippen molar-refractivity contribution in [2.75, 3.05) is 90.2 Å². The minimum Gasteiger partial charge on any atom is -0.480 e. The first-order chi connectivity index (χ1) is 27.1. The molecule has 4 rings (SSSR count). The van der Waals surface area contributed by atoms with Crippen molar-refractivity contribution < 1.29 is 52.8 Å². The second-order valence-electron chi connectivity index (χ2n) is 11.9. The molecule has 21 nitrogen and oxygen atoms in total. The van der Waals surface area contributed by atoms with Crippen LogP contribution in [0.3, 0.4) is 0 Å². The van der Waals surface area contributed by atoms with Gasteiger partial charge >= 0.3 is 5.97 Å². The van der Waals surface area contributed by atoms with Crippen molar-refractivity contribution in [3.05, 3.63) is 64.2 Å². The van der Waals surface area contributed by atoms with Gasteiger partial charge in [-0.25, -0.2) is 14.8 Å².